The van der Waals surface area contributed by atoms with Crippen LogP contribution < -0.4 is 5.32 Å². The number of anilines is 1. The van der Waals surface area contributed by atoms with Gasteiger partial charge in [-0.2, -0.15) is 0 Å². The van der Waals surface area contributed by atoms with Crippen LogP contribution in [-0.2, 0) is 0 Å². The number of rotatable bonds is 3. The van der Waals surface area contributed by atoms with Crippen LogP contribution in [0.25, 0.3) is 0 Å². The lowest BCUT2D eigenvalue weighted by atomic mass is 9.83. The zero-order valence-corrected chi connectivity index (χ0v) is 10.9. The summed E-state index contributed by atoms with van der Waals surface area (Å²) in [7, 11) is 0. The van der Waals surface area contributed by atoms with Crippen molar-refractivity contribution in [3.63, 3.8) is 0 Å². The Hall–Kier alpha value is -0.760. The third-order valence-corrected chi connectivity index (χ3v) is 3.88. The molecule has 0 amide bonds. The van der Waals surface area contributed by atoms with Gasteiger partial charge in [-0.1, -0.05) is 31.4 Å². The Labute approximate surface area is 107 Å². The van der Waals surface area contributed by atoms with Crippen LogP contribution in [0.5, 0.6) is 0 Å². The molecule has 1 saturated carbocycles. The van der Waals surface area contributed by atoms with E-state index in [0.29, 0.717) is 16.6 Å². The first-order valence-corrected chi connectivity index (χ1v) is 6.72. The van der Waals surface area contributed by atoms with Gasteiger partial charge in [0.15, 0.2) is 0 Å². The molecule has 94 valence electrons. The molecule has 17 heavy (non-hydrogen) atoms. The Morgan fingerprint density at radius 3 is 2.71 bits per heavy atom. The summed E-state index contributed by atoms with van der Waals surface area (Å²) < 4.78 is 13.5. The van der Waals surface area contributed by atoms with Crippen LogP contribution in [0.3, 0.4) is 0 Å². The van der Waals surface area contributed by atoms with Crippen molar-refractivity contribution in [2.45, 2.75) is 32.6 Å². The molecule has 0 spiro atoms. The zero-order valence-electron chi connectivity index (χ0n) is 10.2. The number of hydrogen-bond acceptors (Lipinski definition) is 1. The summed E-state index contributed by atoms with van der Waals surface area (Å²) in [6.07, 6.45) is 5.08. The SMILES string of the molecule is CC1CCC(CNc2cc(Cl)ccc2F)CC1. The molecule has 0 unspecified atom stereocenters. The summed E-state index contributed by atoms with van der Waals surface area (Å²) in [5.41, 5.74) is 0.524. The molecule has 0 radical (unpaired) electrons. The van der Waals surface area contributed by atoms with Crippen molar-refractivity contribution in [2.75, 3.05) is 11.9 Å². The first-order chi connectivity index (χ1) is 8.15. The first kappa shape index (κ1) is 12.7. The van der Waals surface area contributed by atoms with E-state index in [0.717, 1.165) is 12.5 Å². The summed E-state index contributed by atoms with van der Waals surface area (Å²) in [5.74, 6) is 1.30. The van der Waals surface area contributed by atoms with E-state index >= 15 is 0 Å². The highest BCUT2D eigenvalue weighted by atomic mass is 35.5. The lowest BCUT2D eigenvalue weighted by Crippen LogP contribution is -2.20. The van der Waals surface area contributed by atoms with Gasteiger partial charge in [-0.25, -0.2) is 4.39 Å². The molecule has 0 aliphatic heterocycles. The zero-order chi connectivity index (χ0) is 12.3. The molecule has 1 aromatic rings. The Balaban J connectivity index is 1.87. The van der Waals surface area contributed by atoms with Crippen LogP contribution in [0.1, 0.15) is 32.6 Å². The summed E-state index contributed by atoms with van der Waals surface area (Å²) in [4.78, 5) is 0. The predicted octanol–water partition coefficient (Wildman–Crippen LogP) is 4.72. The maximum atomic E-state index is 13.5. The van der Waals surface area contributed by atoms with Crippen LogP contribution >= 0.6 is 11.6 Å². The molecule has 1 aliphatic carbocycles. The van der Waals surface area contributed by atoms with E-state index < -0.39 is 0 Å². The molecule has 1 nitrogen and oxygen atoms in total. The molecule has 0 bridgehead atoms. The molecule has 1 aliphatic rings. The molecule has 1 N–H and O–H groups in total. The smallest absolute Gasteiger partial charge is 0.146 e. The quantitative estimate of drug-likeness (QED) is 0.824. The van der Waals surface area contributed by atoms with E-state index in [2.05, 4.69) is 12.2 Å². The van der Waals surface area contributed by atoms with Gasteiger partial charge in [-0.15, -0.1) is 0 Å². The molecule has 2 rings (SSSR count). The Morgan fingerprint density at radius 2 is 2.00 bits per heavy atom. The topological polar surface area (TPSA) is 12.0 Å². The fourth-order valence-electron chi connectivity index (χ4n) is 2.42. The molecular formula is C14H19ClFN. The van der Waals surface area contributed by atoms with E-state index in [1.165, 1.54) is 31.7 Å². The van der Waals surface area contributed by atoms with Crippen molar-refractivity contribution in [1.82, 2.24) is 0 Å². The summed E-state index contributed by atoms with van der Waals surface area (Å²) in [6, 6.07) is 4.64. The number of halogens is 2. The van der Waals surface area contributed by atoms with Gasteiger partial charge < -0.3 is 5.32 Å². The average molecular weight is 256 g/mol. The van der Waals surface area contributed by atoms with Crippen molar-refractivity contribution < 1.29 is 4.39 Å². The van der Waals surface area contributed by atoms with Gasteiger partial charge in [0.1, 0.15) is 5.82 Å². The molecular weight excluding hydrogens is 237 g/mol. The Morgan fingerprint density at radius 1 is 1.29 bits per heavy atom. The molecule has 0 atom stereocenters. The van der Waals surface area contributed by atoms with Crippen LogP contribution in [-0.4, -0.2) is 6.54 Å². The van der Waals surface area contributed by atoms with Gasteiger partial charge in [0.2, 0.25) is 0 Å². The lowest BCUT2D eigenvalue weighted by Gasteiger charge is -2.26. The van der Waals surface area contributed by atoms with Gasteiger partial charge in [0.05, 0.1) is 5.69 Å². The van der Waals surface area contributed by atoms with Gasteiger partial charge in [-0.05, 0) is 42.9 Å². The number of benzene rings is 1. The Kier molecular flexibility index (Phi) is 4.27. The van der Waals surface area contributed by atoms with Gasteiger partial charge >= 0.3 is 0 Å². The van der Waals surface area contributed by atoms with Crippen LogP contribution in [0.2, 0.25) is 5.02 Å². The van der Waals surface area contributed by atoms with Crippen molar-refractivity contribution >= 4 is 17.3 Å². The van der Waals surface area contributed by atoms with E-state index in [4.69, 9.17) is 11.6 Å². The second-order valence-electron chi connectivity index (χ2n) is 5.13. The van der Waals surface area contributed by atoms with Gasteiger partial charge in [-0.3, -0.25) is 0 Å². The lowest BCUT2D eigenvalue weighted by molar-refractivity contribution is 0.300. The second kappa shape index (κ2) is 5.72. The first-order valence-electron chi connectivity index (χ1n) is 6.34. The predicted molar refractivity (Wildman–Crippen MR) is 71.0 cm³/mol. The molecule has 3 heteroatoms. The van der Waals surface area contributed by atoms with Crippen molar-refractivity contribution in [2.24, 2.45) is 11.8 Å². The highest BCUT2D eigenvalue weighted by Crippen LogP contribution is 2.29. The third-order valence-electron chi connectivity index (χ3n) is 3.65. The molecule has 0 heterocycles. The number of nitrogens with one attached hydrogen (secondary N) is 1. The highest BCUT2D eigenvalue weighted by Gasteiger charge is 2.18. The summed E-state index contributed by atoms with van der Waals surface area (Å²) in [5, 5.41) is 3.75. The Bertz CT molecular complexity index is 372. The molecule has 0 saturated heterocycles. The third kappa shape index (κ3) is 3.60. The monoisotopic (exact) mass is 255 g/mol. The van der Waals surface area contributed by atoms with E-state index in [1.54, 1.807) is 12.1 Å². The normalized spacial score (nSPS) is 24.6. The van der Waals surface area contributed by atoms with Gasteiger partial charge in [0, 0.05) is 11.6 Å². The largest absolute Gasteiger partial charge is 0.382 e. The van der Waals surface area contributed by atoms with Crippen LogP contribution in [0.4, 0.5) is 10.1 Å². The number of hydrogen-bond donors (Lipinski definition) is 1. The van der Waals surface area contributed by atoms with Crippen molar-refractivity contribution in [1.29, 1.82) is 0 Å². The minimum atomic E-state index is -0.224. The minimum absolute atomic E-state index is 0.224. The van der Waals surface area contributed by atoms with Crippen LogP contribution in [0.15, 0.2) is 18.2 Å². The van der Waals surface area contributed by atoms with Gasteiger partial charge in [0.25, 0.3) is 0 Å². The highest BCUT2D eigenvalue weighted by molar-refractivity contribution is 6.30. The molecule has 1 aromatic carbocycles. The minimum Gasteiger partial charge on any atom is -0.382 e. The fraction of sp³-hybridized carbons (Fsp3) is 0.571. The maximum absolute atomic E-state index is 13.5. The standard InChI is InChI=1S/C14H19ClFN/c1-10-2-4-11(5-3-10)9-17-14-8-12(15)6-7-13(14)16/h6-8,10-11,17H,2-5,9H2,1H3. The summed E-state index contributed by atoms with van der Waals surface area (Å²) in [6.45, 7) is 3.16. The second-order valence-corrected chi connectivity index (χ2v) is 5.57. The van der Waals surface area contributed by atoms with E-state index in [1.807, 2.05) is 0 Å². The van der Waals surface area contributed by atoms with Crippen LogP contribution in [0, 0.1) is 17.7 Å². The van der Waals surface area contributed by atoms with Crippen molar-refractivity contribution in [3.8, 4) is 0 Å². The fourth-order valence-corrected chi connectivity index (χ4v) is 2.59. The van der Waals surface area contributed by atoms with E-state index in [9.17, 15) is 4.39 Å². The molecule has 1 fully saturated rings. The summed E-state index contributed by atoms with van der Waals surface area (Å²) >= 11 is 5.85. The molecule has 0 aromatic heterocycles. The maximum Gasteiger partial charge on any atom is 0.146 e. The average Bonchev–Trinajstić information content (AvgIpc) is 2.32. The van der Waals surface area contributed by atoms with E-state index in [-0.39, 0.29) is 5.82 Å². The van der Waals surface area contributed by atoms with Crippen molar-refractivity contribution in [3.05, 3.63) is 29.0 Å².